The summed E-state index contributed by atoms with van der Waals surface area (Å²) in [6.45, 7) is 3.93. The first-order valence-corrected chi connectivity index (χ1v) is 9.10. The third-order valence-electron chi connectivity index (χ3n) is 3.81. The van der Waals surface area contributed by atoms with E-state index in [2.05, 4.69) is 9.82 Å². The van der Waals surface area contributed by atoms with Crippen LogP contribution in [0.15, 0.2) is 46.2 Å². The van der Waals surface area contributed by atoms with E-state index >= 15 is 0 Å². The Balaban J connectivity index is 2.03. The van der Waals surface area contributed by atoms with Crippen molar-refractivity contribution >= 4 is 21.2 Å². The predicted molar refractivity (Wildman–Crippen MR) is 93.7 cm³/mol. The van der Waals surface area contributed by atoms with E-state index in [0.717, 1.165) is 0 Å². The van der Waals surface area contributed by atoms with Crippen LogP contribution in [0.1, 0.15) is 12.7 Å². The molecule has 0 amide bonds. The van der Waals surface area contributed by atoms with E-state index in [4.69, 9.17) is 4.74 Å². The summed E-state index contributed by atoms with van der Waals surface area (Å²) in [5, 5.41) is 4.16. The first-order valence-electron chi connectivity index (χ1n) is 7.62. The van der Waals surface area contributed by atoms with Gasteiger partial charge in [0, 0.05) is 18.4 Å². The number of rotatable bonds is 5. The third-order valence-corrected chi connectivity index (χ3v) is 5.16. The molecule has 0 saturated heterocycles. The highest BCUT2D eigenvalue weighted by molar-refractivity contribution is 7.92. The second-order valence-electron chi connectivity index (χ2n) is 5.43. The third kappa shape index (κ3) is 3.10. The fourth-order valence-electron chi connectivity index (χ4n) is 2.51. The molecule has 25 heavy (non-hydrogen) atoms. The number of benzene rings is 1. The van der Waals surface area contributed by atoms with Crippen LogP contribution in [0.2, 0.25) is 0 Å². The number of nitrogens with one attached hydrogen (secondary N) is 1. The van der Waals surface area contributed by atoms with E-state index in [-0.39, 0.29) is 16.0 Å². The van der Waals surface area contributed by atoms with Crippen molar-refractivity contribution < 1.29 is 13.2 Å². The molecular formula is C16H18N4O4S. The SMILES string of the molecule is CCn1nc(C)n2cc(S(=O)(=O)Nc3ccc(OC)cc3)cc2c1=O. The van der Waals surface area contributed by atoms with Crippen molar-refractivity contribution in [1.82, 2.24) is 14.2 Å². The number of hydrogen-bond donors (Lipinski definition) is 1. The van der Waals surface area contributed by atoms with Crippen molar-refractivity contribution in [3.8, 4) is 5.75 Å². The van der Waals surface area contributed by atoms with Crippen molar-refractivity contribution in [1.29, 1.82) is 0 Å². The molecule has 9 heteroatoms. The minimum atomic E-state index is -3.84. The molecule has 0 unspecified atom stereocenters. The second kappa shape index (κ2) is 6.25. The van der Waals surface area contributed by atoms with E-state index in [0.29, 0.717) is 23.8 Å². The van der Waals surface area contributed by atoms with Crippen molar-refractivity contribution in [2.24, 2.45) is 0 Å². The molecule has 0 aliphatic carbocycles. The Labute approximate surface area is 144 Å². The van der Waals surface area contributed by atoms with Gasteiger partial charge in [0.1, 0.15) is 22.0 Å². The minimum absolute atomic E-state index is 0.000767. The number of sulfonamides is 1. The topological polar surface area (TPSA) is 94.7 Å². The lowest BCUT2D eigenvalue weighted by Crippen LogP contribution is -2.25. The van der Waals surface area contributed by atoms with Crippen LogP contribution in [0.4, 0.5) is 5.69 Å². The first-order chi connectivity index (χ1) is 11.9. The van der Waals surface area contributed by atoms with E-state index < -0.39 is 10.0 Å². The number of aryl methyl sites for hydroxylation is 2. The standard InChI is InChI=1S/C16H18N4O4S/c1-4-20-16(21)15-9-14(10-19(15)11(2)17-20)25(22,23)18-12-5-7-13(24-3)8-6-12/h5-10,18H,4H2,1-3H3. The van der Waals surface area contributed by atoms with Gasteiger partial charge in [-0.1, -0.05) is 0 Å². The Morgan fingerprint density at radius 1 is 1.24 bits per heavy atom. The zero-order valence-electron chi connectivity index (χ0n) is 14.1. The van der Waals surface area contributed by atoms with E-state index in [1.54, 1.807) is 38.1 Å². The Bertz CT molecular complexity index is 1080. The predicted octanol–water partition coefficient (Wildman–Crippen LogP) is 1.63. The lowest BCUT2D eigenvalue weighted by molar-refractivity contribution is 0.415. The summed E-state index contributed by atoms with van der Waals surface area (Å²) in [7, 11) is -2.30. The van der Waals surface area contributed by atoms with Crippen LogP contribution >= 0.6 is 0 Å². The van der Waals surface area contributed by atoms with Gasteiger partial charge in [-0.2, -0.15) is 5.10 Å². The van der Waals surface area contributed by atoms with Gasteiger partial charge in [0.2, 0.25) is 0 Å². The second-order valence-corrected chi connectivity index (χ2v) is 7.12. The summed E-state index contributed by atoms with van der Waals surface area (Å²) in [6.07, 6.45) is 1.39. The zero-order chi connectivity index (χ0) is 18.2. The van der Waals surface area contributed by atoms with E-state index in [1.165, 1.54) is 28.5 Å². The molecule has 3 aromatic rings. The van der Waals surface area contributed by atoms with Gasteiger partial charge >= 0.3 is 0 Å². The zero-order valence-corrected chi connectivity index (χ0v) is 14.9. The monoisotopic (exact) mass is 362 g/mol. The minimum Gasteiger partial charge on any atom is -0.497 e. The molecule has 1 aromatic carbocycles. The van der Waals surface area contributed by atoms with Crippen LogP contribution in [0, 0.1) is 6.92 Å². The largest absolute Gasteiger partial charge is 0.497 e. The number of hydrogen-bond acceptors (Lipinski definition) is 5. The molecule has 2 aromatic heterocycles. The summed E-state index contributed by atoms with van der Waals surface area (Å²) < 4.78 is 35.6. The van der Waals surface area contributed by atoms with Gasteiger partial charge in [0.15, 0.2) is 0 Å². The van der Waals surface area contributed by atoms with Gasteiger partial charge in [-0.25, -0.2) is 13.1 Å². The molecule has 0 atom stereocenters. The van der Waals surface area contributed by atoms with Crippen LogP contribution in [0.25, 0.3) is 5.52 Å². The van der Waals surface area contributed by atoms with Crippen LogP contribution in [0.5, 0.6) is 5.75 Å². The van der Waals surface area contributed by atoms with Gasteiger partial charge < -0.3 is 4.74 Å². The van der Waals surface area contributed by atoms with Crippen molar-refractivity contribution in [3.63, 3.8) is 0 Å². The highest BCUT2D eigenvalue weighted by atomic mass is 32.2. The summed E-state index contributed by atoms with van der Waals surface area (Å²) in [5.41, 5.74) is 0.334. The normalized spacial score (nSPS) is 11.6. The maximum Gasteiger partial charge on any atom is 0.291 e. The van der Waals surface area contributed by atoms with E-state index in [1.807, 2.05) is 0 Å². The fraction of sp³-hybridized carbons (Fsp3) is 0.250. The molecule has 3 rings (SSSR count). The quantitative estimate of drug-likeness (QED) is 0.744. The maximum atomic E-state index is 12.6. The molecule has 0 aliphatic heterocycles. The van der Waals surface area contributed by atoms with E-state index in [9.17, 15) is 13.2 Å². The number of anilines is 1. The average Bonchev–Trinajstić information content (AvgIpc) is 3.06. The number of aromatic nitrogens is 3. The lowest BCUT2D eigenvalue weighted by Gasteiger charge is -2.07. The molecule has 0 bridgehead atoms. The number of methoxy groups -OCH3 is 1. The molecule has 0 radical (unpaired) electrons. The molecular weight excluding hydrogens is 344 g/mol. The Kier molecular flexibility index (Phi) is 4.25. The number of ether oxygens (including phenoxy) is 1. The molecule has 0 aliphatic rings. The summed E-state index contributed by atoms with van der Waals surface area (Å²) in [4.78, 5) is 12.3. The smallest absolute Gasteiger partial charge is 0.291 e. The van der Waals surface area contributed by atoms with Gasteiger partial charge in [-0.15, -0.1) is 0 Å². The molecule has 2 heterocycles. The van der Waals surface area contributed by atoms with Gasteiger partial charge in [-0.05, 0) is 44.2 Å². The summed E-state index contributed by atoms with van der Waals surface area (Å²) >= 11 is 0. The lowest BCUT2D eigenvalue weighted by atomic mass is 10.3. The number of nitrogens with zero attached hydrogens (tertiary/aromatic N) is 3. The molecule has 0 spiro atoms. The van der Waals surface area contributed by atoms with Gasteiger partial charge in [0.25, 0.3) is 15.6 Å². The van der Waals surface area contributed by atoms with Crippen LogP contribution < -0.4 is 15.0 Å². The van der Waals surface area contributed by atoms with Crippen LogP contribution in [-0.2, 0) is 16.6 Å². The summed E-state index contributed by atoms with van der Waals surface area (Å²) in [6, 6.07) is 7.87. The average molecular weight is 362 g/mol. The number of fused-ring (bicyclic) bond motifs is 1. The van der Waals surface area contributed by atoms with Crippen molar-refractivity contribution in [3.05, 3.63) is 52.7 Å². The Morgan fingerprint density at radius 3 is 2.52 bits per heavy atom. The van der Waals surface area contributed by atoms with Crippen LogP contribution in [0.3, 0.4) is 0 Å². The fourth-order valence-corrected chi connectivity index (χ4v) is 3.58. The Hall–Kier alpha value is -2.81. The first kappa shape index (κ1) is 17.0. The highest BCUT2D eigenvalue weighted by Crippen LogP contribution is 2.20. The molecule has 0 fully saturated rings. The molecule has 132 valence electrons. The molecule has 1 N–H and O–H groups in total. The highest BCUT2D eigenvalue weighted by Gasteiger charge is 2.19. The van der Waals surface area contributed by atoms with Gasteiger partial charge in [-0.3, -0.25) is 13.9 Å². The molecule has 8 nitrogen and oxygen atoms in total. The van der Waals surface area contributed by atoms with Crippen LogP contribution in [-0.4, -0.2) is 29.7 Å². The van der Waals surface area contributed by atoms with Crippen molar-refractivity contribution in [2.45, 2.75) is 25.3 Å². The maximum absolute atomic E-state index is 12.6. The van der Waals surface area contributed by atoms with Crippen molar-refractivity contribution in [2.75, 3.05) is 11.8 Å². The summed E-state index contributed by atoms with van der Waals surface area (Å²) in [5.74, 6) is 1.15. The Morgan fingerprint density at radius 2 is 1.92 bits per heavy atom. The molecule has 0 saturated carbocycles. The van der Waals surface area contributed by atoms with Gasteiger partial charge in [0.05, 0.1) is 7.11 Å².